The van der Waals surface area contributed by atoms with Crippen LogP contribution in [0.3, 0.4) is 0 Å². The van der Waals surface area contributed by atoms with Crippen LogP contribution in [0.5, 0.6) is 0 Å². The van der Waals surface area contributed by atoms with Crippen LogP contribution in [-0.2, 0) is 22.5 Å². The SMILES string of the molecule is CCOCCOCc1ccc(CCN)cc1. The highest BCUT2D eigenvalue weighted by atomic mass is 16.5. The van der Waals surface area contributed by atoms with Crippen molar-refractivity contribution in [3.63, 3.8) is 0 Å². The van der Waals surface area contributed by atoms with E-state index in [0.717, 1.165) is 13.0 Å². The van der Waals surface area contributed by atoms with Gasteiger partial charge in [-0.05, 0) is 31.0 Å². The van der Waals surface area contributed by atoms with Gasteiger partial charge in [-0.25, -0.2) is 0 Å². The molecule has 1 aromatic rings. The molecule has 0 aliphatic carbocycles. The summed E-state index contributed by atoms with van der Waals surface area (Å²) < 4.78 is 10.7. The van der Waals surface area contributed by atoms with Gasteiger partial charge in [0.15, 0.2) is 0 Å². The summed E-state index contributed by atoms with van der Waals surface area (Å²) in [7, 11) is 0. The van der Waals surface area contributed by atoms with Crippen molar-refractivity contribution in [3.05, 3.63) is 35.4 Å². The summed E-state index contributed by atoms with van der Waals surface area (Å²) in [6.07, 6.45) is 0.936. The fourth-order valence-corrected chi connectivity index (χ4v) is 1.42. The molecule has 0 aliphatic heterocycles. The minimum Gasteiger partial charge on any atom is -0.379 e. The molecule has 0 radical (unpaired) electrons. The second-order valence-corrected chi connectivity index (χ2v) is 3.60. The lowest BCUT2D eigenvalue weighted by Gasteiger charge is -2.05. The topological polar surface area (TPSA) is 44.5 Å². The van der Waals surface area contributed by atoms with E-state index in [1.54, 1.807) is 0 Å². The first-order valence-corrected chi connectivity index (χ1v) is 5.80. The summed E-state index contributed by atoms with van der Waals surface area (Å²) in [6.45, 7) is 5.40. The van der Waals surface area contributed by atoms with Crippen LogP contribution >= 0.6 is 0 Å². The van der Waals surface area contributed by atoms with E-state index in [2.05, 4.69) is 24.3 Å². The molecule has 3 heteroatoms. The minimum atomic E-state index is 0.649. The van der Waals surface area contributed by atoms with Gasteiger partial charge in [0, 0.05) is 6.61 Å². The van der Waals surface area contributed by atoms with E-state index in [1.807, 2.05) is 6.92 Å². The molecule has 0 atom stereocenters. The second-order valence-electron chi connectivity index (χ2n) is 3.60. The van der Waals surface area contributed by atoms with Crippen LogP contribution in [0.25, 0.3) is 0 Å². The highest BCUT2D eigenvalue weighted by Crippen LogP contribution is 2.05. The third kappa shape index (κ3) is 5.26. The lowest BCUT2D eigenvalue weighted by molar-refractivity contribution is 0.0453. The second kappa shape index (κ2) is 8.28. The number of benzene rings is 1. The maximum Gasteiger partial charge on any atom is 0.0718 e. The van der Waals surface area contributed by atoms with Crippen LogP contribution < -0.4 is 5.73 Å². The van der Waals surface area contributed by atoms with Crippen molar-refractivity contribution in [2.45, 2.75) is 20.0 Å². The Morgan fingerprint density at radius 3 is 2.25 bits per heavy atom. The first-order valence-electron chi connectivity index (χ1n) is 5.80. The van der Waals surface area contributed by atoms with E-state index in [4.69, 9.17) is 15.2 Å². The third-order valence-corrected chi connectivity index (χ3v) is 2.30. The maximum atomic E-state index is 5.49. The standard InChI is InChI=1S/C13H21NO2/c1-2-15-9-10-16-11-13-5-3-12(4-6-13)7-8-14/h3-6H,2,7-11,14H2,1H3. The van der Waals surface area contributed by atoms with E-state index in [9.17, 15) is 0 Å². The van der Waals surface area contributed by atoms with Crippen LogP contribution in [0.2, 0.25) is 0 Å². The summed E-state index contributed by atoms with van der Waals surface area (Å²) in [5.41, 5.74) is 7.96. The lowest BCUT2D eigenvalue weighted by Crippen LogP contribution is -2.04. The Hall–Kier alpha value is -0.900. The Morgan fingerprint density at radius 2 is 1.62 bits per heavy atom. The predicted molar refractivity (Wildman–Crippen MR) is 65.3 cm³/mol. The predicted octanol–water partition coefficient (Wildman–Crippen LogP) is 1.74. The van der Waals surface area contributed by atoms with Crippen molar-refractivity contribution in [3.8, 4) is 0 Å². The van der Waals surface area contributed by atoms with E-state index < -0.39 is 0 Å². The zero-order chi connectivity index (χ0) is 11.6. The highest BCUT2D eigenvalue weighted by molar-refractivity contribution is 5.22. The molecule has 0 bridgehead atoms. The number of rotatable bonds is 8. The number of hydrogen-bond acceptors (Lipinski definition) is 3. The minimum absolute atomic E-state index is 0.649. The summed E-state index contributed by atoms with van der Waals surface area (Å²) in [6, 6.07) is 8.39. The van der Waals surface area contributed by atoms with Crippen LogP contribution in [0, 0.1) is 0 Å². The van der Waals surface area contributed by atoms with E-state index >= 15 is 0 Å². The van der Waals surface area contributed by atoms with E-state index in [0.29, 0.717) is 26.4 Å². The molecule has 0 fully saturated rings. The Kier molecular flexibility index (Phi) is 6.81. The van der Waals surface area contributed by atoms with Gasteiger partial charge in [-0.3, -0.25) is 0 Å². The Bertz CT molecular complexity index is 272. The average Bonchev–Trinajstić information content (AvgIpc) is 2.31. The largest absolute Gasteiger partial charge is 0.379 e. The molecular weight excluding hydrogens is 202 g/mol. The van der Waals surface area contributed by atoms with Crippen molar-refractivity contribution in [2.75, 3.05) is 26.4 Å². The van der Waals surface area contributed by atoms with Gasteiger partial charge in [-0.2, -0.15) is 0 Å². The molecule has 3 nitrogen and oxygen atoms in total. The van der Waals surface area contributed by atoms with Crippen LogP contribution in [0.4, 0.5) is 0 Å². The number of ether oxygens (including phenoxy) is 2. The van der Waals surface area contributed by atoms with Crippen molar-refractivity contribution >= 4 is 0 Å². The molecule has 0 unspecified atom stereocenters. The molecule has 1 rings (SSSR count). The lowest BCUT2D eigenvalue weighted by atomic mass is 10.1. The molecular formula is C13H21NO2. The molecule has 0 aliphatic rings. The summed E-state index contributed by atoms with van der Waals surface area (Å²) in [4.78, 5) is 0. The molecule has 0 heterocycles. The maximum absolute atomic E-state index is 5.49. The van der Waals surface area contributed by atoms with Crippen molar-refractivity contribution in [2.24, 2.45) is 5.73 Å². The zero-order valence-corrected chi connectivity index (χ0v) is 9.95. The van der Waals surface area contributed by atoms with Gasteiger partial charge in [0.05, 0.1) is 19.8 Å². The van der Waals surface area contributed by atoms with Gasteiger partial charge in [-0.1, -0.05) is 24.3 Å². The average molecular weight is 223 g/mol. The van der Waals surface area contributed by atoms with Gasteiger partial charge < -0.3 is 15.2 Å². The first-order chi connectivity index (χ1) is 7.86. The van der Waals surface area contributed by atoms with Gasteiger partial charge >= 0.3 is 0 Å². The van der Waals surface area contributed by atoms with Gasteiger partial charge in [0.1, 0.15) is 0 Å². The molecule has 16 heavy (non-hydrogen) atoms. The fraction of sp³-hybridized carbons (Fsp3) is 0.538. The van der Waals surface area contributed by atoms with Gasteiger partial charge in [0.2, 0.25) is 0 Å². The molecule has 2 N–H and O–H groups in total. The fourth-order valence-electron chi connectivity index (χ4n) is 1.42. The summed E-state index contributed by atoms with van der Waals surface area (Å²) in [5, 5.41) is 0. The van der Waals surface area contributed by atoms with Crippen molar-refractivity contribution < 1.29 is 9.47 Å². The molecule has 0 aromatic heterocycles. The first kappa shape index (κ1) is 13.2. The summed E-state index contributed by atoms with van der Waals surface area (Å²) >= 11 is 0. The molecule has 90 valence electrons. The Morgan fingerprint density at radius 1 is 1.00 bits per heavy atom. The van der Waals surface area contributed by atoms with Crippen LogP contribution in [0.1, 0.15) is 18.1 Å². The molecule has 0 spiro atoms. The molecule has 1 aromatic carbocycles. The monoisotopic (exact) mass is 223 g/mol. The van der Waals surface area contributed by atoms with Gasteiger partial charge in [0.25, 0.3) is 0 Å². The quantitative estimate of drug-likeness (QED) is 0.683. The molecule has 0 amide bonds. The normalized spacial score (nSPS) is 10.6. The van der Waals surface area contributed by atoms with Crippen molar-refractivity contribution in [1.29, 1.82) is 0 Å². The number of hydrogen-bond donors (Lipinski definition) is 1. The van der Waals surface area contributed by atoms with Crippen molar-refractivity contribution in [1.82, 2.24) is 0 Å². The van der Waals surface area contributed by atoms with Crippen LogP contribution in [-0.4, -0.2) is 26.4 Å². The molecule has 0 saturated heterocycles. The van der Waals surface area contributed by atoms with Gasteiger partial charge in [-0.15, -0.1) is 0 Å². The highest BCUT2D eigenvalue weighted by Gasteiger charge is 1.95. The van der Waals surface area contributed by atoms with E-state index in [-0.39, 0.29) is 0 Å². The van der Waals surface area contributed by atoms with E-state index in [1.165, 1.54) is 11.1 Å². The number of nitrogens with two attached hydrogens (primary N) is 1. The third-order valence-electron chi connectivity index (χ3n) is 2.30. The Balaban J connectivity index is 2.21. The summed E-state index contributed by atoms with van der Waals surface area (Å²) in [5.74, 6) is 0. The smallest absolute Gasteiger partial charge is 0.0718 e. The van der Waals surface area contributed by atoms with Crippen LogP contribution in [0.15, 0.2) is 24.3 Å². The Labute approximate surface area is 97.6 Å². The zero-order valence-electron chi connectivity index (χ0n) is 9.95. The molecule has 0 saturated carbocycles.